The fourth-order valence-electron chi connectivity index (χ4n) is 1.07. The van der Waals surface area contributed by atoms with E-state index in [0.717, 1.165) is 11.1 Å². The van der Waals surface area contributed by atoms with Gasteiger partial charge in [0.15, 0.2) is 9.84 Å². The quantitative estimate of drug-likeness (QED) is 0.779. The molecule has 0 aromatic heterocycles. The average Bonchev–Trinajstić information content (AvgIpc) is 2.03. The minimum Gasteiger partial charge on any atom is -0.326 e. The molecule has 0 unspecified atom stereocenters. The zero-order chi connectivity index (χ0) is 9.90. The van der Waals surface area contributed by atoms with Gasteiger partial charge < -0.3 is 5.73 Å². The Bertz CT molecular complexity index is 367. The number of nitrogens with two attached hydrogens (primary N) is 1. The molecule has 0 saturated heterocycles. The molecule has 0 spiro atoms. The van der Waals surface area contributed by atoms with Crippen LogP contribution in [0.2, 0.25) is 0 Å². The topological polar surface area (TPSA) is 60.2 Å². The fourth-order valence-corrected chi connectivity index (χ4v) is 1.87. The summed E-state index contributed by atoms with van der Waals surface area (Å²) < 4.78 is 21.9. The Balaban J connectivity index is 2.81. The van der Waals surface area contributed by atoms with Crippen LogP contribution in [-0.4, -0.2) is 14.7 Å². The van der Waals surface area contributed by atoms with Gasteiger partial charge in [-0.25, -0.2) is 8.42 Å². The van der Waals surface area contributed by atoms with Crippen LogP contribution >= 0.6 is 0 Å². The van der Waals surface area contributed by atoms with Gasteiger partial charge in [-0.15, -0.1) is 0 Å². The predicted octanol–water partition coefficient (Wildman–Crippen LogP) is 0.690. The van der Waals surface area contributed by atoms with Gasteiger partial charge in [-0.2, -0.15) is 0 Å². The second-order valence-electron chi connectivity index (χ2n) is 3.09. The first kappa shape index (κ1) is 10.2. The first-order valence-electron chi connectivity index (χ1n) is 3.97. The molecule has 1 aromatic rings. The molecule has 0 amide bonds. The lowest BCUT2D eigenvalue weighted by Crippen LogP contribution is -2.01. The van der Waals surface area contributed by atoms with Gasteiger partial charge >= 0.3 is 0 Å². The van der Waals surface area contributed by atoms with Crippen LogP contribution in [0.4, 0.5) is 0 Å². The van der Waals surface area contributed by atoms with E-state index in [0.29, 0.717) is 6.54 Å². The van der Waals surface area contributed by atoms with Crippen molar-refractivity contribution in [2.24, 2.45) is 5.73 Å². The monoisotopic (exact) mass is 199 g/mol. The summed E-state index contributed by atoms with van der Waals surface area (Å²) in [5.41, 5.74) is 7.23. The Morgan fingerprint density at radius 2 is 1.62 bits per heavy atom. The maximum atomic E-state index is 10.9. The molecular weight excluding hydrogens is 186 g/mol. The number of hydrogen-bond acceptors (Lipinski definition) is 3. The third-order valence-electron chi connectivity index (χ3n) is 1.69. The first-order valence-corrected chi connectivity index (χ1v) is 6.03. The summed E-state index contributed by atoms with van der Waals surface area (Å²) >= 11 is 0. The molecule has 1 rings (SSSR count). The van der Waals surface area contributed by atoms with E-state index < -0.39 is 9.84 Å². The van der Waals surface area contributed by atoms with Crippen molar-refractivity contribution in [1.29, 1.82) is 0 Å². The van der Waals surface area contributed by atoms with Crippen LogP contribution in [0.25, 0.3) is 0 Å². The summed E-state index contributed by atoms with van der Waals surface area (Å²) in [4.78, 5) is 0. The van der Waals surface area contributed by atoms with Crippen molar-refractivity contribution >= 4 is 9.84 Å². The van der Waals surface area contributed by atoms with E-state index in [-0.39, 0.29) is 5.75 Å². The molecule has 0 aliphatic heterocycles. The van der Waals surface area contributed by atoms with Crippen LogP contribution in [0.3, 0.4) is 0 Å². The molecule has 0 fully saturated rings. The molecule has 3 nitrogen and oxygen atoms in total. The van der Waals surface area contributed by atoms with Gasteiger partial charge in [-0.1, -0.05) is 24.3 Å². The summed E-state index contributed by atoms with van der Waals surface area (Å²) in [6, 6.07) is 7.29. The van der Waals surface area contributed by atoms with Crippen molar-refractivity contribution < 1.29 is 8.42 Å². The lowest BCUT2D eigenvalue weighted by Gasteiger charge is -2.00. The first-order chi connectivity index (χ1) is 6.01. The van der Waals surface area contributed by atoms with Gasteiger partial charge in [-0.3, -0.25) is 0 Å². The average molecular weight is 199 g/mol. The molecule has 13 heavy (non-hydrogen) atoms. The Labute approximate surface area is 78.5 Å². The van der Waals surface area contributed by atoms with Crippen molar-refractivity contribution in [3.05, 3.63) is 35.4 Å². The van der Waals surface area contributed by atoms with Crippen molar-refractivity contribution in [2.75, 3.05) is 6.26 Å². The Hall–Kier alpha value is -0.870. The van der Waals surface area contributed by atoms with E-state index in [2.05, 4.69) is 0 Å². The van der Waals surface area contributed by atoms with Gasteiger partial charge in [0.05, 0.1) is 5.75 Å². The third-order valence-corrected chi connectivity index (χ3v) is 2.55. The zero-order valence-corrected chi connectivity index (χ0v) is 8.34. The molecule has 0 radical (unpaired) electrons. The SMILES string of the molecule is CS(=O)(=O)Cc1ccc(CN)cc1. The van der Waals surface area contributed by atoms with Crippen molar-refractivity contribution in [2.45, 2.75) is 12.3 Å². The molecule has 0 aliphatic carbocycles. The molecular formula is C9H13NO2S. The maximum absolute atomic E-state index is 10.9. The van der Waals surface area contributed by atoms with E-state index in [9.17, 15) is 8.42 Å². The largest absolute Gasteiger partial charge is 0.326 e. The number of sulfone groups is 1. The normalized spacial score (nSPS) is 11.5. The number of rotatable bonds is 3. The molecule has 0 aliphatic rings. The van der Waals surface area contributed by atoms with Crippen LogP contribution in [0.5, 0.6) is 0 Å². The highest BCUT2D eigenvalue weighted by Crippen LogP contribution is 2.06. The lowest BCUT2D eigenvalue weighted by molar-refractivity contribution is 0.601. The highest BCUT2D eigenvalue weighted by Gasteiger charge is 2.03. The zero-order valence-electron chi connectivity index (χ0n) is 7.53. The molecule has 72 valence electrons. The highest BCUT2D eigenvalue weighted by atomic mass is 32.2. The number of benzene rings is 1. The predicted molar refractivity (Wildman–Crippen MR) is 52.9 cm³/mol. The van der Waals surface area contributed by atoms with Gasteiger partial charge in [0.1, 0.15) is 0 Å². The molecule has 1 aromatic carbocycles. The van der Waals surface area contributed by atoms with Crippen LogP contribution in [0.15, 0.2) is 24.3 Å². The van der Waals surface area contributed by atoms with E-state index in [4.69, 9.17) is 5.73 Å². The molecule has 0 bridgehead atoms. The molecule has 0 heterocycles. The molecule has 4 heteroatoms. The van der Waals surface area contributed by atoms with Crippen molar-refractivity contribution in [1.82, 2.24) is 0 Å². The summed E-state index contributed by atoms with van der Waals surface area (Å²) in [6.45, 7) is 0.485. The van der Waals surface area contributed by atoms with Crippen LogP contribution < -0.4 is 5.73 Å². The lowest BCUT2D eigenvalue weighted by atomic mass is 10.1. The van der Waals surface area contributed by atoms with E-state index >= 15 is 0 Å². The Kier molecular flexibility index (Phi) is 3.06. The summed E-state index contributed by atoms with van der Waals surface area (Å²) in [5, 5.41) is 0. The van der Waals surface area contributed by atoms with Crippen LogP contribution in [-0.2, 0) is 22.1 Å². The summed E-state index contributed by atoms with van der Waals surface area (Å²) in [6.07, 6.45) is 1.23. The van der Waals surface area contributed by atoms with E-state index in [1.165, 1.54) is 6.26 Å². The van der Waals surface area contributed by atoms with Gasteiger partial charge in [0.25, 0.3) is 0 Å². The van der Waals surface area contributed by atoms with Crippen LogP contribution in [0, 0.1) is 0 Å². The molecule has 0 atom stereocenters. The van der Waals surface area contributed by atoms with Crippen molar-refractivity contribution in [3.63, 3.8) is 0 Å². The van der Waals surface area contributed by atoms with Gasteiger partial charge in [-0.05, 0) is 11.1 Å². The molecule has 0 saturated carbocycles. The smallest absolute Gasteiger partial charge is 0.151 e. The minimum absolute atomic E-state index is 0.0951. The second-order valence-corrected chi connectivity index (χ2v) is 5.23. The van der Waals surface area contributed by atoms with Gasteiger partial charge in [0, 0.05) is 12.8 Å². The molecule has 2 N–H and O–H groups in total. The number of hydrogen-bond donors (Lipinski definition) is 1. The standard InChI is InChI=1S/C9H13NO2S/c1-13(11,12)7-9-4-2-8(6-10)3-5-9/h2-5H,6-7,10H2,1H3. The third kappa shape index (κ3) is 3.57. The van der Waals surface area contributed by atoms with E-state index in [1.54, 1.807) is 12.1 Å². The van der Waals surface area contributed by atoms with Crippen molar-refractivity contribution in [3.8, 4) is 0 Å². The second kappa shape index (κ2) is 3.89. The van der Waals surface area contributed by atoms with Gasteiger partial charge in [0.2, 0.25) is 0 Å². The van der Waals surface area contributed by atoms with Crippen LogP contribution in [0.1, 0.15) is 11.1 Å². The summed E-state index contributed by atoms with van der Waals surface area (Å²) in [5.74, 6) is 0.0951. The fraction of sp³-hybridized carbons (Fsp3) is 0.333. The minimum atomic E-state index is -2.93. The van der Waals surface area contributed by atoms with E-state index in [1.807, 2.05) is 12.1 Å². The Morgan fingerprint density at radius 1 is 1.15 bits per heavy atom. The Morgan fingerprint density at radius 3 is 2.00 bits per heavy atom. The summed E-state index contributed by atoms with van der Waals surface area (Å²) in [7, 11) is -2.93. The highest BCUT2D eigenvalue weighted by molar-refractivity contribution is 7.89. The maximum Gasteiger partial charge on any atom is 0.151 e.